The standard InChI is InChI=1S/C13H11BrN4/c1-8-7-18-12(16-8)10(14)11(17-13(18)15)9-5-3-2-4-6-9/h2-7H,1H3,(H2,15,17). The molecule has 0 fully saturated rings. The fraction of sp³-hybridized carbons (Fsp3) is 0.0769. The molecule has 0 aliphatic rings. The van der Waals surface area contributed by atoms with E-state index in [0.29, 0.717) is 5.95 Å². The third-order valence-electron chi connectivity index (χ3n) is 2.75. The molecule has 0 aliphatic carbocycles. The Hall–Kier alpha value is -1.88. The minimum absolute atomic E-state index is 0.438. The molecule has 3 rings (SSSR count). The first-order chi connectivity index (χ1) is 8.66. The van der Waals surface area contributed by atoms with Crippen LogP contribution in [0, 0.1) is 6.92 Å². The smallest absolute Gasteiger partial charge is 0.206 e. The minimum atomic E-state index is 0.438. The molecule has 0 bridgehead atoms. The Morgan fingerprint density at radius 1 is 1.17 bits per heavy atom. The first-order valence-electron chi connectivity index (χ1n) is 5.53. The van der Waals surface area contributed by atoms with Gasteiger partial charge in [0.2, 0.25) is 5.95 Å². The monoisotopic (exact) mass is 302 g/mol. The average Bonchev–Trinajstić information content (AvgIpc) is 2.78. The highest BCUT2D eigenvalue weighted by molar-refractivity contribution is 9.10. The minimum Gasteiger partial charge on any atom is -0.369 e. The van der Waals surface area contributed by atoms with Crippen LogP contribution < -0.4 is 5.73 Å². The van der Waals surface area contributed by atoms with Crippen molar-refractivity contribution in [3.05, 3.63) is 46.7 Å². The number of benzene rings is 1. The van der Waals surface area contributed by atoms with E-state index in [9.17, 15) is 0 Å². The van der Waals surface area contributed by atoms with Crippen LogP contribution in [-0.4, -0.2) is 14.4 Å². The summed E-state index contributed by atoms with van der Waals surface area (Å²) in [4.78, 5) is 8.89. The largest absolute Gasteiger partial charge is 0.369 e. The molecular formula is C13H11BrN4. The van der Waals surface area contributed by atoms with Gasteiger partial charge in [0.25, 0.3) is 0 Å². The zero-order chi connectivity index (χ0) is 12.7. The number of imidazole rings is 1. The maximum Gasteiger partial charge on any atom is 0.206 e. The van der Waals surface area contributed by atoms with E-state index in [0.717, 1.165) is 27.1 Å². The van der Waals surface area contributed by atoms with Crippen molar-refractivity contribution in [2.75, 3.05) is 5.73 Å². The van der Waals surface area contributed by atoms with Crippen molar-refractivity contribution >= 4 is 27.5 Å². The summed E-state index contributed by atoms with van der Waals surface area (Å²) in [5.41, 5.74) is 9.49. The van der Waals surface area contributed by atoms with Crippen molar-refractivity contribution in [3.8, 4) is 11.3 Å². The number of anilines is 1. The summed E-state index contributed by atoms with van der Waals surface area (Å²) in [6, 6.07) is 9.91. The van der Waals surface area contributed by atoms with E-state index in [1.807, 2.05) is 43.5 Å². The molecule has 0 saturated carbocycles. The van der Waals surface area contributed by atoms with Crippen LogP contribution in [0.15, 0.2) is 41.0 Å². The lowest BCUT2D eigenvalue weighted by Crippen LogP contribution is -2.02. The number of aromatic nitrogens is 3. The van der Waals surface area contributed by atoms with Gasteiger partial charge in [-0.15, -0.1) is 0 Å². The van der Waals surface area contributed by atoms with Gasteiger partial charge in [-0.2, -0.15) is 0 Å². The average molecular weight is 303 g/mol. The molecule has 2 N–H and O–H groups in total. The first kappa shape index (κ1) is 11.2. The molecule has 5 heteroatoms. The second-order valence-electron chi connectivity index (χ2n) is 4.07. The van der Waals surface area contributed by atoms with Crippen molar-refractivity contribution in [3.63, 3.8) is 0 Å². The molecule has 0 atom stereocenters. The van der Waals surface area contributed by atoms with Crippen LogP contribution in [0.1, 0.15) is 5.69 Å². The third-order valence-corrected chi connectivity index (χ3v) is 3.48. The predicted octanol–water partition coefficient (Wildman–Crippen LogP) is 3.05. The molecule has 0 unspecified atom stereocenters. The van der Waals surface area contributed by atoms with Gasteiger partial charge in [-0.3, -0.25) is 4.40 Å². The summed E-state index contributed by atoms with van der Waals surface area (Å²) >= 11 is 3.56. The molecular weight excluding hydrogens is 292 g/mol. The van der Waals surface area contributed by atoms with E-state index >= 15 is 0 Å². The number of fused-ring (bicyclic) bond motifs is 1. The number of nitrogens with two attached hydrogens (primary N) is 1. The SMILES string of the molecule is Cc1cn2c(N)nc(-c3ccccc3)c(Br)c2n1. The van der Waals surface area contributed by atoms with Crippen molar-refractivity contribution < 1.29 is 0 Å². The zero-order valence-corrected chi connectivity index (χ0v) is 11.3. The predicted molar refractivity (Wildman–Crippen MR) is 75.3 cm³/mol. The molecule has 0 aliphatic heterocycles. The summed E-state index contributed by atoms with van der Waals surface area (Å²) in [7, 11) is 0. The van der Waals surface area contributed by atoms with Gasteiger partial charge in [0.05, 0.1) is 15.9 Å². The lowest BCUT2D eigenvalue weighted by Gasteiger charge is -2.07. The quantitative estimate of drug-likeness (QED) is 0.751. The van der Waals surface area contributed by atoms with E-state index in [2.05, 4.69) is 25.9 Å². The molecule has 3 aromatic rings. The van der Waals surface area contributed by atoms with E-state index in [4.69, 9.17) is 5.73 Å². The van der Waals surface area contributed by atoms with Gasteiger partial charge in [-0.1, -0.05) is 30.3 Å². The van der Waals surface area contributed by atoms with Gasteiger partial charge in [0, 0.05) is 11.8 Å². The second-order valence-corrected chi connectivity index (χ2v) is 4.87. The fourth-order valence-corrected chi connectivity index (χ4v) is 2.54. The van der Waals surface area contributed by atoms with E-state index in [1.165, 1.54) is 0 Å². The topological polar surface area (TPSA) is 56.2 Å². The zero-order valence-electron chi connectivity index (χ0n) is 9.76. The highest BCUT2D eigenvalue weighted by Crippen LogP contribution is 2.30. The Balaban J connectivity index is 2.35. The molecule has 2 aromatic heterocycles. The van der Waals surface area contributed by atoms with E-state index in [1.54, 1.807) is 4.40 Å². The number of hydrogen-bond donors (Lipinski definition) is 1. The summed E-state index contributed by atoms with van der Waals surface area (Å²) in [5.74, 6) is 0.438. The molecule has 2 heterocycles. The van der Waals surface area contributed by atoms with Crippen LogP contribution in [-0.2, 0) is 0 Å². The molecule has 4 nitrogen and oxygen atoms in total. The molecule has 0 spiro atoms. The molecule has 0 amide bonds. The Bertz CT molecular complexity index is 719. The van der Waals surface area contributed by atoms with Crippen molar-refractivity contribution in [2.45, 2.75) is 6.92 Å². The number of nitrogens with zero attached hydrogens (tertiary/aromatic N) is 3. The summed E-state index contributed by atoms with van der Waals surface area (Å²) in [5, 5.41) is 0. The Morgan fingerprint density at radius 3 is 2.61 bits per heavy atom. The Morgan fingerprint density at radius 2 is 1.89 bits per heavy atom. The van der Waals surface area contributed by atoms with Gasteiger partial charge >= 0.3 is 0 Å². The van der Waals surface area contributed by atoms with Gasteiger partial charge in [0.15, 0.2) is 5.65 Å². The number of halogens is 1. The fourth-order valence-electron chi connectivity index (χ4n) is 1.94. The van der Waals surface area contributed by atoms with Crippen LogP contribution in [0.25, 0.3) is 16.9 Å². The second kappa shape index (κ2) is 4.10. The van der Waals surface area contributed by atoms with Crippen LogP contribution in [0.4, 0.5) is 5.95 Å². The molecule has 0 radical (unpaired) electrons. The van der Waals surface area contributed by atoms with Crippen molar-refractivity contribution in [1.82, 2.24) is 14.4 Å². The maximum absolute atomic E-state index is 5.97. The molecule has 18 heavy (non-hydrogen) atoms. The molecule has 0 saturated heterocycles. The maximum atomic E-state index is 5.97. The van der Waals surface area contributed by atoms with Crippen molar-refractivity contribution in [1.29, 1.82) is 0 Å². The number of nitrogen functional groups attached to an aromatic ring is 1. The Labute approximate surface area is 113 Å². The van der Waals surface area contributed by atoms with Crippen LogP contribution in [0.3, 0.4) is 0 Å². The summed E-state index contributed by atoms with van der Waals surface area (Å²) in [6.45, 7) is 1.93. The number of hydrogen-bond acceptors (Lipinski definition) is 3. The van der Waals surface area contributed by atoms with Gasteiger partial charge in [-0.05, 0) is 22.9 Å². The van der Waals surface area contributed by atoms with Crippen molar-refractivity contribution in [2.24, 2.45) is 0 Å². The first-order valence-corrected chi connectivity index (χ1v) is 6.32. The highest BCUT2D eigenvalue weighted by atomic mass is 79.9. The number of rotatable bonds is 1. The molecule has 90 valence electrons. The van der Waals surface area contributed by atoms with Gasteiger partial charge in [-0.25, -0.2) is 9.97 Å². The van der Waals surface area contributed by atoms with E-state index in [-0.39, 0.29) is 0 Å². The van der Waals surface area contributed by atoms with Gasteiger partial charge < -0.3 is 5.73 Å². The Kier molecular flexibility index (Phi) is 2.56. The van der Waals surface area contributed by atoms with Crippen LogP contribution in [0.2, 0.25) is 0 Å². The lowest BCUT2D eigenvalue weighted by atomic mass is 10.1. The highest BCUT2D eigenvalue weighted by Gasteiger charge is 2.13. The lowest BCUT2D eigenvalue weighted by molar-refractivity contribution is 1.10. The normalized spacial score (nSPS) is 11.0. The third kappa shape index (κ3) is 1.67. The molecule has 1 aromatic carbocycles. The van der Waals surface area contributed by atoms with Crippen LogP contribution >= 0.6 is 15.9 Å². The number of aryl methyl sites for hydroxylation is 1. The van der Waals surface area contributed by atoms with E-state index < -0.39 is 0 Å². The van der Waals surface area contributed by atoms with Crippen LogP contribution in [0.5, 0.6) is 0 Å². The summed E-state index contributed by atoms with van der Waals surface area (Å²) in [6.07, 6.45) is 1.87. The summed E-state index contributed by atoms with van der Waals surface area (Å²) < 4.78 is 2.64. The van der Waals surface area contributed by atoms with Gasteiger partial charge in [0.1, 0.15) is 0 Å².